The van der Waals surface area contributed by atoms with E-state index in [0.717, 1.165) is 16.8 Å². The molecular formula is C20H21N5O3. The Morgan fingerprint density at radius 1 is 1.00 bits per heavy atom. The summed E-state index contributed by atoms with van der Waals surface area (Å²) in [4.78, 5) is 19.7. The van der Waals surface area contributed by atoms with Gasteiger partial charge in [-0.05, 0) is 62.2 Å². The van der Waals surface area contributed by atoms with Gasteiger partial charge in [-0.25, -0.2) is 4.98 Å². The first-order chi connectivity index (χ1) is 13.4. The minimum absolute atomic E-state index is 0.121. The molecule has 0 unspecified atom stereocenters. The lowest BCUT2D eigenvalue weighted by atomic mass is 10.1. The Hall–Kier alpha value is -3.68. The van der Waals surface area contributed by atoms with Crippen molar-refractivity contribution in [3.63, 3.8) is 0 Å². The van der Waals surface area contributed by atoms with E-state index in [1.165, 1.54) is 0 Å². The number of rotatable bonds is 6. The van der Waals surface area contributed by atoms with Crippen LogP contribution in [0.1, 0.15) is 16.8 Å². The number of hydrogen-bond donors (Lipinski definition) is 2. The van der Waals surface area contributed by atoms with Crippen LogP contribution in [0.3, 0.4) is 0 Å². The third-order valence-electron chi connectivity index (χ3n) is 4.23. The van der Waals surface area contributed by atoms with Crippen LogP contribution in [0.2, 0.25) is 0 Å². The molecule has 28 heavy (non-hydrogen) atoms. The Bertz CT molecular complexity index is 1020. The quantitative estimate of drug-likeness (QED) is 0.468. The fourth-order valence-corrected chi connectivity index (χ4v) is 2.73. The van der Waals surface area contributed by atoms with Gasteiger partial charge in [0.2, 0.25) is 11.8 Å². The van der Waals surface area contributed by atoms with Gasteiger partial charge in [-0.2, -0.15) is 4.98 Å². The van der Waals surface area contributed by atoms with Gasteiger partial charge in [0.15, 0.2) is 0 Å². The average molecular weight is 379 g/mol. The standard InChI is InChI=1S/C20H21N5O3/c1-12-5-6-13(2)17(11-12)23-20-21-14(3)18(25(26)27)19(24-20)22-15-7-9-16(28-4)10-8-15/h5-11H,1-4H3,(H2,21,22,23,24). The van der Waals surface area contributed by atoms with Crippen molar-refractivity contribution in [2.45, 2.75) is 20.8 Å². The van der Waals surface area contributed by atoms with E-state index in [0.29, 0.717) is 11.4 Å². The Morgan fingerprint density at radius 3 is 2.36 bits per heavy atom. The predicted octanol–water partition coefficient (Wildman–Crippen LogP) is 4.81. The maximum atomic E-state index is 11.5. The number of benzene rings is 2. The van der Waals surface area contributed by atoms with Gasteiger partial charge in [-0.15, -0.1) is 0 Å². The lowest BCUT2D eigenvalue weighted by molar-refractivity contribution is -0.385. The molecule has 8 nitrogen and oxygen atoms in total. The summed E-state index contributed by atoms with van der Waals surface area (Å²) < 4.78 is 5.14. The first-order valence-electron chi connectivity index (χ1n) is 8.65. The molecule has 0 radical (unpaired) electrons. The first kappa shape index (κ1) is 19.1. The molecule has 1 aromatic heterocycles. The van der Waals surface area contributed by atoms with Gasteiger partial charge in [0.05, 0.1) is 12.0 Å². The highest BCUT2D eigenvalue weighted by Gasteiger charge is 2.22. The van der Waals surface area contributed by atoms with E-state index in [-0.39, 0.29) is 23.1 Å². The summed E-state index contributed by atoms with van der Waals surface area (Å²) in [6.45, 7) is 5.55. The van der Waals surface area contributed by atoms with Crippen LogP contribution >= 0.6 is 0 Å². The molecule has 2 aromatic carbocycles. The zero-order valence-electron chi connectivity index (χ0n) is 16.1. The third kappa shape index (κ3) is 4.17. The van der Waals surface area contributed by atoms with E-state index in [1.54, 1.807) is 38.3 Å². The van der Waals surface area contributed by atoms with E-state index in [9.17, 15) is 10.1 Å². The smallest absolute Gasteiger partial charge is 0.332 e. The highest BCUT2D eigenvalue weighted by Crippen LogP contribution is 2.31. The normalized spacial score (nSPS) is 10.4. The van der Waals surface area contributed by atoms with Crippen LogP contribution in [0.5, 0.6) is 5.75 Å². The van der Waals surface area contributed by atoms with Gasteiger partial charge in [0, 0.05) is 11.4 Å². The van der Waals surface area contributed by atoms with E-state index in [4.69, 9.17) is 4.74 Å². The second kappa shape index (κ2) is 7.91. The minimum Gasteiger partial charge on any atom is -0.497 e. The van der Waals surface area contributed by atoms with Crippen molar-refractivity contribution in [2.75, 3.05) is 17.7 Å². The van der Waals surface area contributed by atoms with Crippen LogP contribution in [0.15, 0.2) is 42.5 Å². The van der Waals surface area contributed by atoms with Crippen LogP contribution in [-0.4, -0.2) is 22.0 Å². The summed E-state index contributed by atoms with van der Waals surface area (Å²) in [5, 5.41) is 17.7. The van der Waals surface area contributed by atoms with Crippen LogP contribution in [0, 0.1) is 30.9 Å². The number of methoxy groups -OCH3 is 1. The number of aromatic nitrogens is 2. The van der Waals surface area contributed by atoms with Crippen molar-refractivity contribution in [3.8, 4) is 5.75 Å². The van der Waals surface area contributed by atoms with Crippen molar-refractivity contribution in [1.29, 1.82) is 0 Å². The summed E-state index contributed by atoms with van der Waals surface area (Å²) in [5.74, 6) is 1.10. The highest BCUT2D eigenvalue weighted by molar-refractivity contribution is 5.70. The molecule has 0 saturated carbocycles. The SMILES string of the molecule is COc1ccc(Nc2nc(Nc3cc(C)ccc3C)nc(C)c2[N+](=O)[O-])cc1. The van der Waals surface area contributed by atoms with Crippen molar-refractivity contribution >= 4 is 28.8 Å². The number of aryl methyl sites for hydroxylation is 3. The van der Waals surface area contributed by atoms with Crippen molar-refractivity contribution in [2.24, 2.45) is 0 Å². The zero-order valence-corrected chi connectivity index (χ0v) is 16.1. The molecule has 0 aliphatic carbocycles. The van der Waals surface area contributed by atoms with E-state index >= 15 is 0 Å². The minimum atomic E-state index is -0.483. The second-order valence-electron chi connectivity index (χ2n) is 6.38. The molecule has 3 rings (SSSR count). The zero-order chi connectivity index (χ0) is 20.3. The molecular weight excluding hydrogens is 358 g/mol. The molecule has 3 aromatic rings. The van der Waals surface area contributed by atoms with Gasteiger partial charge >= 0.3 is 5.69 Å². The molecule has 144 valence electrons. The van der Waals surface area contributed by atoms with E-state index in [2.05, 4.69) is 20.6 Å². The Morgan fingerprint density at radius 2 is 1.71 bits per heavy atom. The average Bonchev–Trinajstić information content (AvgIpc) is 2.64. The summed E-state index contributed by atoms with van der Waals surface area (Å²) in [6.07, 6.45) is 0. The van der Waals surface area contributed by atoms with Gasteiger partial charge in [0.25, 0.3) is 0 Å². The lowest BCUT2D eigenvalue weighted by Gasteiger charge is -2.13. The Kier molecular flexibility index (Phi) is 5.39. The molecule has 1 heterocycles. The maximum absolute atomic E-state index is 11.5. The van der Waals surface area contributed by atoms with Gasteiger partial charge < -0.3 is 15.4 Å². The molecule has 0 spiro atoms. The van der Waals surface area contributed by atoms with Crippen LogP contribution in [-0.2, 0) is 0 Å². The van der Waals surface area contributed by atoms with Crippen molar-refractivity contribution in [3.05, 3.63) is 69.4 Å². The number of ether oxygens (including phenoxy) is 1. The Labute approximate surface area is 162 Å². The second-order valence-corrected chi connectivity index (χ2v) is 6.38. The highest BCUT2D eigenvalue weighted by atomic mass is 16.6. The first-order valence-corrected chi connectivity index (χ1v) is 8.65. The monoisotopic (exact) mass is 379 g/mol. The molecule has 0 bridgehead atoms. The molecule has 0 fully saturated rings. The van der Waals surface area contributed by atoms with Gasteiger partial charge in [-0.3, -0.25) is 10.1 Å². The summed E-state index contributed by atoms with van der Waals surface area (Å²) in [5.41, 5.74) is 3.72. The number of nitro groups is 1. The number of hydrogen-bond acceptors (Lipinski definition) is 7. The maximum Gasteiger partial charge on any atom is 0.332 e. The van der Waals surface area contributed by atoms with Crippen LogP contribution in [0.4, 0.5) is 28.8 Å². The molecule has 8 heteroatoms. The summed E-state index contributed by atoms with van der Waals surface area (Å²) in [6, 6.07) is 13.0. The molecule has 0 saturated heterocycles. The number of nitrogens with zero attached hydrogens (tertiary/aromatic N) is 3. The fraction of sp³-hybridized carbons (Fsp3) is 0.200. The topological polar surface area (TPSA) is 102 Å². The van der Waals surface area contributed by atoms with Crippen LogP contribution in [0.25, 0.3) is 0 Å². The lowest BCUT2D eigenvalue weighted by Crippen LogP contribution is -2.07. The van der Waals surface area contributed by atoms with Crippen molar-refractivity contribution < 1.29 is 9.66 Å². The Balaban J connectivity index is 1.99. The van der Waals surface area contributed by atoms with E-state index in [1.807, 2.05) is 32.0 Å². The fourth-order valence-electron chi connectivity index (χ4n) is 2.73. The van der Waals surface area contributed by atoms with Crippen LogP contribution < -0.4 is 15.4 Å². The largest absolute Gasteiger partial charge is 0.497 e. The van der Waals surface area contributed by atoms with Gasteiger partial charge in [0.1, 0.15) is 11.4 Å². The summed E-state index contributed by atoms with van der Waals surface area (Å²) in [7, 11) is 1.58. The molecule has 0 atom stereocenters. The number of nitrogens with one attached hydrogen (secondary N) is 2. The molecule has 0 amide bonds. The molecule has 2 N–H and O–H groups in total. The molecule has 0 aliphatic rings. The van der Waals surface area contributed by atoms with Crippen molar-refractivity contribution in [1.82, 2.24) is 9.97 Å². The van der Waals surface area contributed by atoms with Gasteiger partial charge in [-0.1, -0.05) is 12.1 Å². The predicted molar refractivity (Wildman–Crippen MR) is 109 cm³/mol. The van der Waals surface area contributed by atoms with E-state index < -0.39 is 4.92 Å². The third-order valence-corrected chi connectivity index (χ3v) is 4.23. The summed E-state index contributed by atoms with van der Waals surface area (Å²) >= 11 is 0. The number of anilines is 4. The molecule has 0 aliphatic heterocycles.